The van der Waals surface area contributed by atoms with Gasteiger partial charge in [0.15, 0.2) is 5.82 Å². The summed E-state index contributed by atoms with van der Waals surface area (Å²) in [7, 11) is 0. The van der Waals surface area contributed by atoms with Gasteiger partial charge in [-0.15, -0.1) is 11.6 Å². The Morgan fingerprint density at radius 3 is 3.21 bits per heavy atom. The molecule has 2 heterocycles. The fraction of sp³-hybridized carbons (Fsp3) is 0.778. The highest BCUT2D eigenvalue weighted by Gasteiger charge is 2.20. The molecule has 0 bridgehead atoms. The molecule has 2 unspecified atom stereocenters. The predicted molar refractivity (Wildman–Crippen MR) is 55.3 cm³/mol. The summed E-state index contributed by atoms with van der Waals surface area (Å²) in [6, 6.07) is 0.117. The lowest BCUT2D eigenvalue weighted by Gasteiger charge is -2.15. The molecule has 5 heteroatoms. The molecule has 1 aliphatic rings. The Bertz CT molecular complexity index is 321. The Hall–Kier alpha value is -0.610. The van der Waals surface area contributed by atoms with Crippen LogP contribution in [0.15, 0.2) is 0 Å². The van der Waals surface area contributed by atoms with E-state index in [0.717, 1.165) is 37.5 Å². The third kappa shape index (κ3) is 2.07. The first-order chi connectivity index (χ1) is 6.65. The van der Waals surface area contributed by atoms with Crippen LogP contribution in [-0.2, 0) is 19.4 Å². The summed E-state index contributed by atoms with van der Waals surface area (Å²) in [5, 5.41) is 4.61. The van der Waals surface area contributed by atoms with Crippen molar-refractivity contribution in [1.82, 2.24) is 14.8 Å². The molecule has 0 radical (unpaired) electrons. The number of hydrogen-bond acceptors (Lipinski definition) is 3. The normalized spacial score (nSPS) is 23.2. The van der Waals surface area contributed by atoms with Crippen molar-refractivity contribution in [3.63, 3.8) is 0 Å². The van der Waals surface area contributed by atoms with Crippen LogP contribution in [-0.4, -0.2) is 26.2 Å². The van der Waals surface area contributed by atoms with E-state index in [4.69, 9.17) is 17.3 Å². The van der Waals surface area contributed by atoms with Gasteiger partial charge in [0.05, 0.1) is 0 Å². The molecule has 1 aromatic heterocycles. The lowest BCUT2D eigenvalue weighted by molar-refractivity contribution is 0.482. The number of aryl methyl sites for hydroxylation is 1. The summed E-state index contributed by atoms with van der Waals surface area (Å²) in [4.78, 5) is 4.43. The van der Waals surface area contributed by atoms with Crippen molar-refractivity contribution in [2.45, 2.75) is 44.1 Å². The number of nitrogens with zero attached hydrogens (tertiary/aromatic N) is 3. The first-order valence-corrected chi connectivity index (χ1v) is 5.41. The maximum absolute atomic E-state index is 6.05. The molecule has 14 heavy (non-hydrogen) atoms. The molecule has 0 saturated heterocycles. The second kappa shape index (κ2) is 3.87. The van der Waals surface area contributed by atoms with Crippen LogP contribution in [0.4, 0.5) is 0 Å². The van der Waals surface area contributed by atoms with Crippen molar-refractivity contribution in [2.75, 3.05) is 0 Å². The lowest BCUT2D eigenvalue weighted by atomic mass is 10.2. The molecule has 0 spiro atoms. The number of fused-ring (bicyclic) bond motifs is 1. The Kier molecular flexibility index (Phi) is 2.74. The van der Waals surface area contributed by atoms with Crippen LogP contribution in [0.5, 0.6) is 0 Å². The van der Waals surface area contributed by atoms with Crippen molar-refractivity contribution < 1.29 is 0 Å². The molecular formula is C9H15ClN4. The van der Waals surface area contributed by atoms with Gasteiger partial charge >= 0.3 is 0 Å². The number of alkyl halides is 1. The molecule has 0 saturated carbocycles. The summed E-state index contributed by atoms with van der Waals surface area (Å²) in [6.45, 7) is 2.85. The fourth-order valence-electron chi connectivity index (χ4n) is 1.69. The first-order valence-electron chi connectivity index (χ1n) is 4.97. The number of hydrogen-bond donors (Lipinski definition) is 1. The van der Waals surface area contributed by atoms with Crippen molar-refractivity contribution >= 4 is 11.6 Å². The number of nitrogens with two attached hydrogens (primary N) is 1. The van der Waals surface area contributed by atoms with Crippen LogP contribution >= 0.6 is 11.6 Å². The highest BCUT2D eigenvalue weighted by Crippen LogP contribution is 2.17. The number of aromatic nitrogens is 3. The third-order valence-corrected chi connectivity index (χ3v) is 2.73. The highest BCUT2D eigenvalue weighted by molar-refractivity contribution is 6.20. The van der Waals surface area contributed by atoms with Crippen molar-refractivity contribution in [3.05, 3.63) is 11.6 Å². The van der Waals surface area contributed by atoms with Gasteiger partial charge in [-0.2, -0.15) is 5.10 Å². The van der Waals surface area contributed by atoms with E-state index in [1.807, 2.05) is 11.6 Å². The molecule has 4 nitrogen and oxygen atoms in total. The predicted octanol–water partition coefficient (Wildman–Crippen LogP) is 0.721. The summed E-state index contributed by atoms with van der Waals surface area (Å²) < 4.78 is 1.95. The standard InChI is InChI=1S/C9H15ClN4/c1-6(11)4-8-12-9-5-7(10)2-3-14(9)13-8/h6-7H,2-5,11H2,1H3. The average Bonchev–Trinajstić information content (AvgIpc) is 2.44. The summed E-state index contributed by atoms with van der Waals surface area (Å²) >= 11 is 6.05. The van der Waals surface area contributed by atoms with Crippen molar-refractivity contribution in [1.29, 1.82) is 0 Å². The minimum absolute atomic E-state index is 0.117. The highest BCUT2D eigenvalue weighted by atomic mass is 35.5. The van der Waals surface area contributed by atoms with Gasteiger partial charge in [0, 0.05) is 30.8 Å². The summed E-state index contributed by atoms with van der Waals surface area (Å²) in [5.41, 5.74) is 5.69. The zero-order valence-corrected chi connectivity index (χ0v) is 9.04. The molecule has 0 amide bonds. The van der Waals surface area contributed by atoms with Crippen LogP contribution in [0.1, 0.15) is 25.0 Å². The zero-order valence-electron chi connectivity index (χ0n) is 8.28. The molecule has 0 fully saturated rings. The largest absolute Gasteiger partial charge is 0.328 e. The van der Waals surface area contributed by atoms with Crippen LogP contribution in [0.25, 0.3) is 0 Å². The average molecular weight is 215 g/mol. The summed E-state index contributed by atoms with van der Waals surface area (Å²) in [6.07, 6.45) is 2.55. The Labute approximate surface area is 88.5 Å². The number of halogens is 1. The van der Waals surface area contributed by atoms with E-state index in [1.165, 1.54) is 0 Å². The van der Waals surface area contributed by atoms with Gasteiger partial charge in [0.2, 0.25) is 0 Å². The van der Waals surface area contributed by atoms with E-state index in [9.17, 15) is 0 Å². The SMILES string of the molecule is CC(N)Cc1nc2n(n1)CCC(Cl)C2. The maximum Gasteiger partial charge on any atom is 0.152 e. The molecule has 0 aromatic carbocycles. The third-order valence-electron chi connectivity index (χ3n) is 2.35. The Balaban J connectivity index is 2.15. The van der Waals surface area contributed by atoms with Gasteiger partial charge in [-0.1, -0.05) is 0 Å². The van der Waals surface area contributed by atoms with Crippen LogP contribution in [0, 0.1) is 0 Å². The summed E-state index contributed by atoms with van der Waals surface area (Å²) in [5.74, 6) is 1.85. The minimum Gasteiger partial charge on any atom is -0.328 e. The van der Waals surface area contributed by atoms with Crippen molar-refractivity contribution in [3.8, 4) is 0 Å². The molecule has 1 aromatic rings. The smallest absolute Gasteiger partial charge is 0.152 e. The van der Waals surface area contributed by atoms with Gasteiger partial charge in [-0.05, 0) is 13.3 Å². The minimum atomic E-state index is 0.117. The van der Waals surface area contributed by atoms with Gasteiger partial charge in [-0.25, -0.2) is 9.67 Å². The molecule has 2 rings (SSSR count). The maximum atomic E-state index is 6.05. The van der Waals surface area contributed by atoms with E-state index in [1.54, 1.807) is 0 Å². The van der Waals surface area contributed by atoms with E-state index in [0.29, 0.717) is 0 Å². The van der Waals surface area contributed by atoms with E-state index < -0.39 is 0 Å². The van der Waals surface area contributed by atoms with Crippen LogP contribution in [0.3, 0.4) is 0 Å². The quantitative estimate of drug-likeness (QED) is 0.739. The molecule has 2 atom stereocenters. The Morgan fingerprint density at radius 1 is 1.71 bits per heavy atom. The molecule has 2 N–H and O–H groups in total. The Morgan fingerprint density at radius 2 is 2.50 bits per heavy atom. The van der Waals surface area contributed by atoms with Gasteiger partial charge in [-0.3, -0.25) is 0 Å². The molecule has 78 valence electrons. The van der Waals surface area contributed by atoms with Crippen molar-refractivity contribution in [2.24, 2.45) is 5.73 Å². The van der Waals surface area contributed by atoms with E-state index >= 15 is 0 Å². The fourth-order valence-corrected chi connectivity index (χ4v) is 1.93. The molecule has 0 aliphatic carbocycles. The molecular weight excluding hydrogens is 200 g/mol. The van der Waals surface area contributed by atoms with Crippen LogP contribution in [0.2, 0.25) is 0 Å². The second-order valence-corrected chi connectivity index (χ2v) is 4.56. The number of rotatable bonds is 2. The topological polar surface area (TPSA) is 56.7 Å². The first kappa shape index (κ1) is 9.93. The lowest BCUT2D eigenvalue weighted by Crippen LogP contribution is -2.20. The molecule has 1 aliphatic heterocycles. The van der Waals surface area contributed by atoms with Gasteiger partial charge in [0.1, 0.15) is 5.82 Å². The zero-order chi connectivity index (χ0) is 10.1. The van der Waals surface area contributed by atoms with E-state index in [2.05, 4.69) is 10.1 Å². The van der Waals surface area contributed by atoms with Gasteiger partial charge < -0.3 is 5.73 Å². The second-order valence-electron chi connectivity index (χ2n) is 3.94. The van der Waals surface area contributed by atoms with E-state index in [-0.39, 0.29) is 11.4 Å². The van der Waals surface area contributed by atoms with Crippen LogP contribution < -0.4 is 5.73 Å². The monoisotopic (exact) mass is 214 g/mol. The van der Waals surface area contributed by atoms with Gasteiger partial charge in [0.25, 0.3) is 0 Å².